The molecule has 0 aliphatic heterocycles. The minimum atomic E-state index is -0.00851. The van der Waals surface area contributed by atoms with E-state index in [9.17, 15) is 0 Å². The standard InChI is InChI=1S/C13H17N3/c1-9(12(15)8-14)10-4-2-6-13-11(10)5-3-7-16-13/h2-7,9,12H,8,14-15H2,1H3/t9-,12-/m0/s1. The highest BCUT2D eigenvalue weighted by Crippen LogP contribution is 2.25. The zero-order valence-electron chi connectivity index (χ0n) is 9.43. The Bertz CT molecular complexity index is 476. The number of rotatable bonds is 3. The van der Waals surface area contributed by atoms with Gasteiger partial charge < -0.3 is 11.5 Å². The van der Waals surface area contributed by atoms with Crippen molar-refractivity contribution >= 4 is 10.9 Å². The number of fused-ring (bicyclic) bond motifs is 1. The highest BCUT2D eigenvalue weighted by Gasteiger charge is 2.15. The summed E-state index contributed by atoms with van der Waals surface area (Å²) < 4.78 is 0. The first-order valence-electron chi connectivity index (χ1n) is 5.53. The molecule has 1 heterocycles. The molecule has 0 spiro atoms. The highest BCUT2D eigenvalue weighted by molar-refractivity contribution is 5.82. The zero-order valence-corrected chi connectivity index (χ0v) is 9.43. The smallest absolute Gasteiger partial charge is 0.0704 e. The molecule has 3 heteroatoms. The van der Waals surface area contributed by atoms with E-state index in [1.165, 1.54) is 10.9 Å². The minimum Gasteiger partial charge on any atom is -0.329 e. The molecule has 2 aromatic rings. The van der Waals surface area contributed by atoms with Gasteiger partial charge in [0.05, 0.1) is 5.52 Å². The molecule has 1 aromatic carbocycles. The second kappa shape index (κ2) is 4.60. The largest absolute Gasteiger partial charge is 0.329 e. The Hall–Kier alpha value is -1.45. The molecule has 0 saturated carbocycles. The molecule has 0 aliphatic rings. The van der Waals surface area contributed by atoms with E-state index in [0.29, 0.717) is 6.54 Å². The molecule has 0 unspecified atom stereocenters. The summed E-state index contributed by atoms with van der Waals surface area (Å²) in [6, 6.07) is 10.2. The van der Waals surface area contributed by atoms with Crippen LogP contribution in [0.2, 0.25) is 0 Å². The lowest BCUT2D eigenvalue weighted by Gasteiger charge is -2.20. The molecule has 1 aromatic heterocycles. The van der Waals surface area contributed by atoms with Gasteiger partial charge in [0, 0.05) is 24.2 Å². The van der Waals surface area contributed by atoms with Gasteiger partial charge in [-0.05, 0) is 23.6 Å². The fourth-order valence-corrected chi connectivity index (χ4v) is 1.96. The van der Waals surface area contributed by atoms with Crippen LogP contribution in [-0.4, -0.2) is 17.6 Å². The summed E-state index contributed by atoms with van der Waals surface area (Å²) in [5.41, 5.74) is 13.8. The Balaban J connectivity index is 2.52. The van der Waals surface area contributed by atoms with Gasteiger partial charge in [-0.15, -0.1) is 0 Å². The molecule has 0 radical (unpaired) electrons. The number of benzene rings is 1. The van der Waals surface area contributed by atoms with Gasteiger partial charge in [-0.25, -0.2) is 0 Å². The van der Waals surface area contributed by atoms with Crippen molar-refractivity contribution in [2.24, 2.45) is 11.5 Å². The Morgan fingerprint density at radius 1 is 1.25 bits per heavy atom. The first-order chi connectivity index (χ1) is 7.74. The summed E-state index contributed by atoms with van der Waals surface area (Å²) in [5, 5.41) is 1.17. The number of pyridine rings is 1. The summed E-state index contributed by atoms with van der Waals surface area (Å²) >= 11 is 0. The van der Waals surface area contributed by atoms with Gasteiger partial charge in [0.1, 0.15) is 0 Å². The molecular formula is C13H17N3. The third-order valence-corrected chi connectivity index (χ3v) is 3.08. The number of hydrogen-bond donors (Lipinski definition) is 2. The second-order valence-electron chi connectivity index (χ2n) is 4.11. The van der Waals surface area contributed by atoms with Crippen molar-refractivity contribution in [1.82, 2.24) is 4.98 Å². The van der Waals surface area contributed by atoms with Crippen molar-refractivity contribution in [3.8, 4) is 0 Å². The van der Waals surface area contributed by atoms with Gasteiger partial charge in [-0.2, -0.15) is 0 Å². The predicted molar refractivity (Wildman–Crippen MR) is 67.2 cm³/mol. The maximum Gasteiger partial charge on any atom is 0.0704 e. The third-order valence-electron chi connectivity index (χ3n) is 3.08. The zero-order chi connectivity index (χ0) is 11.5. The Morgan fingerprint density at radius 2 is 2.06 bits per heavy atom. The lowest BCUT2D eigenvalue weighted by Crippen LogP contribution is -2.34. The average Bonchev–Trinajstić information content (AvgIpc) is 2.36. The van der Waals surface area contributed by atoms with Gasteiger partial charge in [0.15, 0.2) is 0 Å². The Morgan fingerprint density at radius 3 is 2.81 bits per heavy atom. The SMILES string of the molecule is C[C@@H](c1cccc2ncccc12)[C@@H](N)CN. The van der Waals surface area contributed by atoms with Gasteiger partial charge >= 0.3 is 0 Å². The van der Waals surface area contributed by atoms with Crippen molar-refractivity contribution in [2.75, 3.05) is 6.54 Å². The molecule has 0 bridgehead atoms. The quantitative estimate of drug-likeness (QED) is 0.817. The molecule has 0 amide bonds. The van der Waals surface area contributed by atoms with E-state index >= 15 is 0 Å². The van der Waals surface area contributed by atoms with Crippen LogP contribution in [-0.2, 0) is 0 Å². The third kappa shape index (κ3) is 1.92. The van der Waals surface area contributed by atoms with Gasteiger partial charge in [0.2, 0.25) is 0 Å². The van der Waals surface area contributed by atoms with Crippen LogP contribution in [0.4, 0.5) is 0 Å². The van der Waals surface area contributed by atoms with E-state index in [4.69, 9.17) is 11.5 Å². The first-order valence-corrected chi connectivity index (χ1v) is 5.53. The topological polar surface area (TPSA) is 64.9 Å². The van der Waals surface area contributed by atoms with Crippen LogP contribution in [0.25, 0.3) is 10.9 Å². The summed E-state index contributed by atoms with van der Waals surface area (Å²) in [4.78, 5) is 4.34. The molecular weight excluding hydrogens is 198 g/mol. The number of aromatic nitrogens is 1. The Labute approximate surface area is 95.5 Å². The molecule has 3 nitrogen and oxygen atoms in total. The van der Waals surface area contributed by atoms with Gasteiger partial charge in [-0.3, -0.25) is 4.98 Å². The van der Waals surface area contributed by atoms with Crippen molar-refractivity contribution in [2.45, 2.75) is 18.9 Å². The summed E-state index contributed by atoms with van der Waals surface area (Å²) in [6.07, 6.45) is 1.81. The lowest BCUT2D eigenvalue weighted by molar-refractivity contribution is 0.579. The maximum atomic E-state index is 5.99. The van der Waals surface area contributed by atoms with Crippen LogP contribution >= 0.6 is 0 Å². The summed E-state index contributed by atoms with van der Waals surface area (Å²) in [6.45, 7) is 2.61. The fraction of sp³-hybridized carbons (Fsp3) is 0.308. The molecule has 16 heavy (non-hydrogen) atoms. The number of nitrogens with zero attached hydrogens (tertiary/aromatic N) is 1. The molecule has 84 valence electrons. The van der Waals surface area contributed by atoms with Crippen LogP contribution in [0.3, 0.4) is 0 Å². The lowest BCUT2D eigenvalue weighted by atomic mass is 9.91. The monoisotopic (exact) mass is 215 g/mol. The van der Waals surface area contributed by atoms with E-state index in [2.05, 4.69) is 24.0 Å². The minimum absolute atomic E-state index is 0.00851. The van der Waals surface area contributed by atoms with Crippen molar-refractivity contribution in [3.05, 3.63) is 42.1 Å². The fourth-order valence-electron chi connectivity index (χ4n) is 1.96. The van der Waals surface area contributed by atoms with E-state index < -0.39 is 0 Å². The van der Waals surface area contributed by atoms with E-state index in [0.717, 1.165) is 5.52 Å². The molecule has 0 saturated heterocycles. The van der Waals surface area contributed by atoms with E-state index in [-0.39, 0.29) is 12.0 Å². The van der Waals surface area contributed by atoms with Crippen molar-refractivity contribution in [3.63, 3.8) is 0 Å². The second-order valence-corrected chi connectivity index (χ2v) is 4.11. The van der Waals surface area contributed by atoms with E-state index in [1.54, 1.807) is 6.20 Å². The Kier molecular flexibility index (Phi) is 3.17. The van der Waals surface area contributed by atoms with Gasteiger partial charge in [-0.1, -0.05) is 25.1 Å². The molecule has 2 atom stereocenters. The summed E-state index contributed by atoms with van der Waals surface area (Å²) in [7, 11) is 0. The van der Waals surface area contributed by atoms with Crippen molar-refractivity contribution in [1.29, 1.82) is 0 Å². The van der Waals surface area contributed by atoms with Crippen LogP contribution in [0.5, 0.6) is 0 Å². The first kappa shape index (κ1) is 11.0. The van der Waals surface area contributed by atoms with Crippen LogP contribution < -0.4 is 11.5 Å². The predicted octanol–water partition coefficient (Wildman–Crippen LogP) is 1.62. The van der Waals surface area contributed by atoms with Crippen LogP contribution in [0.1, 0.15) is 18.4 Å². The molecule has 4 N–H and O–H groups in total. The highest BCUT2D eigenvalue weighted by atomic mass is 14.7. The normalized spacial score (nSPS) is 14.9. The average molecular weight is 215 g/mol. The summed E-state index contributed by atoms with van der Waals surface area (Å²) in [5.74, 6) is 0.248. The van der Waals surface area contributed by atoms with Crippen molar-refractivity contribution < 1.29 is 0 Å². The number of nitrogens with two attached hydrogens (primary N) is 2. The van der Waals surface area contributed by atoms with E-state index in [1.807, 2.05) is 18.2 Å². The maximum absolute atomic E-state index is 5.99. The van der Waals surface area contributed by atoms with Crippen LogP contribution in [0, 0.1) is 0 Å². The number of hydrogen-bond acceptors (Lipinski definition) is 3. The molecule has 0 aliphatic carbocycles. The van der Waals surface area contributed by atoms with Gasteiger partial charge in [0.25, 0.3) is 0 Å². The molecule has 2 rings (SSSR count). The van der Waals surface area contributed by atoms with Crippen LogP contribution in [0.15, 0.2) is 36.5 Å². The molecule has 0 fully saturated rings.